The maximum Gasteiger partial charge on any atom is 0.354 e. The molecule has 1 N–H and O–H groups in total. The number of nitrogens with zero attached hydrogens (tertiary/aromatic N) is 2. The molecule has 1 saturated carbocycles. The Morgan fingerprint density at radius 3 is 2.84 bits per heavy atom. The van der Waals surface area contributed by atoms with E-state index in [1.807, 2.05) is 0 Å². The van der Waals surface area contributed by atoms with Crippen molar-refractivity contribution in [2.45, 2.75) is 52.1 Å². The number of hydrogen-bond donors (Lipinski definition) is 1. The van der Waals surface area contributed by atoms with Gasteiger partial charge in [0.05, 0.1) is 0 Å². The number of carboxylic acid groups (broad SMARTS) is 1. The maximum absolute atomic E-state index is 11.0. The average Bonchev–Trinajstić information content (AvgIpc) is 2.38. The van der Waals surface area contributed by atoms with Crippen LogP contribution in [-0.2, 0) is 0 Å². The van der Waals surface area contributed by atoms with E-state index in [4.69, 9.17) is 9.84 Å². The molecule has 1 aliphatic carbocycles. The monoisotopic (exact) mass is 264 g/mol. The van der Waals surface area contributed by atoms with E-state index < -0.39 is 5.97 Å². The van der Waals surface area contributed by atoms with E-state index in [9.17, 15) is 4.79 Å². The highest BCUT2D eigenvalue weighted by Gasteiger charge is 2.26. The summed E-state index contributed by atoms with van der Waals surface area (Å²) in [6, 6.07) is 1.65. The number of hydrogen-bond acceptors (Lipinski definition) is 4. The number of ether oxygens (including phenoxy) is 1. The van der Waals surface area contributed by atoms with Crippen molar-refractivity contribution in [3.8, 4) is 6.01 Å². The normalized spacial score (nSPS) is 23.1. The van der Waals surface area contributed by atoms with Gasteiger partial charge >= 0.3 is 12.0 Å². The van der Waals surface area contributed by atoms with Crippen molar-refractivity contribution < 1.29 is 14.6 Å². The summed E-state index contributed by atoms with van der Waals surface area (Å²) >= 11 is 0. The Morgan fingerprint density at radius 1 is 1.42 bits per heavy atom. The van der Waals surface area contributed by atoms with Crippen LogP contribution >= 0.6 is 0 Å². The molecule has 2 atom stereocenters. The van der Waals surface area contributed by atoms with Gasteiger partial charge in [-0.25, -0.2) is 9.78 Å². The lowest BCUT2D eigenvalue weighted by molar-refractivity contribution is 0.0671. The van der Waals surface area contributed by atoms with Gasteiger partial charge in [0, 0.05) is 5.69 Å². The molecule has 2 unspecified atom stereocenters. The molecule has 5 nitrogen and oxygen atoms in total. The van der Waals surface area contributed by atoms with E-state index in [1.54, 1.807) is 6.92 Å². The number of aromatic carboxylic acids is 1. The van der Waals surface area contributed by atoms with Gasteiger partial charge in [-0.05, 0) is 44.6 Å². The Balaban J connectivity index is 2.15. The standard InChI is InChI=1S/C14H20N2O3/c1-3-10-6-4-5-7-12(10)19-14-15-9(2)8-11(16-14)13(17)18/h8,10,12H,3-7H2,1-2H3,(H,17,18). The molecule has 5 heteroatoms. The van der Waals surface area contributed by atoms with Crippen LogP contribution in [0, 0.1) is 12.8 Å². The molecule has 0 aliphatic heterocycles. The third-order valence-corrected chi connectivity index (χ3v) is 3.67. The van der Waals surface area contributed by atoms with Gasteiger partial charge in [-0.1, -0.05) is 13.3 Å². The van der Waals surface area contributed by atoms with Gasteiger partial charge in [0.25, 0.3) is 0 Å². The first-order chi connectivity index (χ1) is 9.10. The summed E-state index contributed by atoms with van der Waals surface area (Å²) in [7, 11) is 0. The molecule has 1 heterocycles. The largest absolute Gasteiger partial charge is 0.477 e. The van der Waals surface area contributed by atoms with Crippen LogP contribution in [0.5, 0.6) is 6.01 Å². The van der Waals surface area contributed by atoms with Crippen LogP contribution in [0.15, 0.2) is 6.07 Å². The molecule has 2 rings (SSSR count). The van der Waals surface area contributed by atoms with E-state index in [0.29, 0.717) is 11.6 Å². The maximum atomic E-state index is 11.0. The van der Waals surface area contributed by atoms with Crippen molar-refractivity contribution in [3.05, 3.63) is 17.5 Å². The topological polar surface area (TPSA) is 72.3 Å². The van der Waals surface area contributed by atoms with Crippen LogP contribution in [0.3, 0.4) is 0 Å². The fraction of sp³-hybridized carbons (Fsp3) is 0.643. The van der Waals surface area contributed by atoms with E-state index in [0.717, 1.165) is 19.3 Å². The van der Waals surface area contributed by atoms with Crippen LogP contribution in [0.2, 0.25) is 0 Å². The van der Waals surface area contributed by atoms with E-state index in [2.05, 4.69) is 16.9 Å². The third-order valence-electron chi connectivity index (χ3n) is 3.67. The van der Waals surface area contributed by atoms with Gasteiger partial charge in [-0.2, -0.15) is 4.98 Å². The minimum atomic E-state index is -1.05. The average molecular weight is 264 g/mol. The molecule has 1 aliphatic rings. The van der Waals surface area contributed by atoms with Gasteiger partial charge in [-0.15, -0.1) is 0 Å². The van der Waals surface area contributed by atoms with Gasteiger partial charge in [0.2, 0.25) is 0 Å². The van der Waals surface area contributed by atoms with Crippen LogP contribution < -0.4 is 4.74 Å². The zero-order valence-corrected chi connectivity index (χ0v) is 11.4. The van der Waals surface area contributed by atoms with Gasteiger partial charge in [0.1, 0.15) is 6.10 Å². The Hall–Kier alpha value is -1.65. The molecule has 1 aromatic rings. The smallest absolute Gasteiger partial charge is 0.354 e. The van der Waals surface area contributed by atoms with E-state index in [1.165, 1.54) is 18.9 Å². The Morgan fingerprint density at radius 2 is 2.16 bits per heavy atom. The molecule has 104 valence electrons. The molecule has 0 saturated heterocycles. The predicted octanol–water partition coefficient (Wildman–Crippen LogP) is 2.83. The first-order valence-corrected chi connectivity index (χ1v) is 6.85. The van der Waals surface area contributed by atoms with Crippen molar-refractivity contribution >= 4 is 5.97 Å². The Labute approximate surface area is 113 Å². The summed E-state index contributed by atoms with van der Waals surface area (Å²) in [6.07, 6.45) is 5.74. The van der Waals surface area contributed by atoms with Crippen LogP contribution in [-0.4, -0.2) is 27.1 Å². The van der Waals surface area contributed by atoms with Crippen molar-refractivity contribution in [2.75, 3.05) is 0 Å². The lowest BCUT2D eigenvalue weighted by Gasteiger charge is -2.30. The van der Waals surface area contributed by atoms with Gasteiger partial charge < -0.3 is 9.84 Å². The second-order valence-corrected chi connectivity index (χ2v) is 5.09. The molecule has 1 aromatic heterocycles. The van der Waals surface area contributed by atoms with Crippen molar-refractivity contribution in [3.63, 3.8) is 0 Å². The minimum absolute atomic E-state index is 0.00800. The highest BCUT2D eigenvalue weighted by atomic mass is 16.5. The van der Waals surface area contributed by atoms with Gasteiger partial charge in [0.15, 0.2) is 5.69 Å². The van der Waals surface area contributed by atoms with E-state index in [-0.39, 0.29) is 17.8 Å². The lowest BCUT2D eigenvalue weighted by atomic mass is 9.85. The lowest BCUT2D eigenvalue weighted by Crippen LogP contribution is -2.30. The predicted molar refractivity (Wildman–Crippen MR) is 70.4 cm³/mol. The summed E-state index contributed by atoms with van der Waals surface area (Å²) in [4.78, 5) is 19.1. The number of aryl methyl sites for hydroxylation is 1. The van der Waals surface area contributed by atoms with Crippen molar-refractivity contribution in [1.29, 1.82) is 0 Å². The number of carboxylic acids is 1. The zero-order valence-electron chi connectivity index (χ0n) is 11.4. The molecule has 0 spiro atoms. The van der Waals surface area contributed by atoms with Gasteiger partial charge in [-0.3, -0.25) is 0 Å². The summed E-state index contributed by atoms with van der Waals surface area (Å²) in [6.45, 7) is 3.91. The van der Waals surface area contributed by atoms with Crippen LogP contribution in [0.1, 0.15) is 55.2 Å². The second-order valence-electron chi connectivity index (χ2n) is 5.09. The van der Waals surface area contributed by atoms with Crippen molar-refractivity contribution in [2.24, 2.45) is 5.92 Å². The van der Waals surface area contributed by atoms with Crippen LogP contribution in [0.25, 0.3) is 0 Å². The Kier molecular flexibility index (Phi) is 4.35. The minimum Gasteiger partial charge on any atom is -0.477 e. The van der Waals surface area contributed by atoms with Crippen LogP contribution in [0.4, 0.5) is 0 Å². The molecule has 19 heavy (non-hydrogen) atoms. The number of carbonyl (C=O) groups is 1. The molecular weight excluding hydrogens is 244 g/mol. The summed E-state index contributed by atoms with van der Waals surface area (Å²) in [5, 5.41) is 8.99. The molecule has 0 aromatic carbocycles. The number of aromatic nitrogens is 2. The first kappa shape index (κ1) is 13.8. The molecule has 1 fully saturated rings. The van der Waals surface area contributed by atoms with Crippen molar-refractivity contribution in [1.82, 2.24) is 9.97 Å². The highest BCUT2D eigenvalue weighted by Crippen LogP contribution is 2.29. The summed E-state index contributed by atoms with van der Waals surface area (Å²) < 4.78 is 5.84. The third kappa shape index (κ3) is 3.43. The zero-order chi connectivity index (χ0) is 13.8. The fourth-order valence-corrected chi connectivity index (χ4v) is 2.63. The molecule has 0 bridgehead atoms. The SMILES string of the molecule is CCC1CCCCC1Oc1nc(C)cc(C(=O)O)n1. The number of rotatable bonds is 4. The molecule has 0 radical (unpaired) electrons. The quantitative estimate of drug-likeness (QED) is 0.905. The fourth-order valence-electron chi connectivity index (χ4n) is 2.63. The van der Waals surface area contributed by atoms with E-state index >= 15 is 0 Å². The molecule has 0 amide bonds. The highest BCUT2D eigenvalue weighted by molar-refractivity contribution is 5.85. The molecular formula is C14H20N2O3. The summed E-state index contributed by atoms with van der Waals surface area (Å²) in [5.41, 5.74) is 0.609. The second kappa shape index (κ2) is 5.99. The Bertz CT molecular complexity index is 462. The summed E-state index contributed by atoms with van der Waals surface area (Å²) in [5.74, 6) is -0.530. The first-order valence-electron chi connectivity index (χ1n) is 6.85.